The van der Waals surface area contributed by atoms with E-state index in [0.717, 1.165) is 25.7 Å². The molecule has 0 spiro atoms. The molecule has 0 aliphatic heterocycles. The van der Waals surface area contributed by atoms with Crippen LogP contribution in [0, 0.1) is 5.92 Å². The lowest BCUT2D eigenvalue weighted by Crippen LogP contribution is -2.44. The third-order valence-electron chi connectivity index (χ3n) is 2.90. The molecule has 100 valence electrons. The molecule has 5 nitrogen and oxygen atoms in total. The van der Waals surface area contributed by atoms with Crippen molar-refractivity contribution in [3.63, 3.8) is 0 Å². The topological polar surface area (TPSA) is 92.4 Å². The van der Waals surface area contributed by atoms with Gasteiger partial charge in [-0.15, -0.1) is 0 Å². The van der Waals surface area contributed by atoms with Gasteiger partial charge in [-0.2, -0.15) is 0 Å². The highest BCUT2D eigenvalue weighted by Gasteiger charge is 2.24. The van der Waals surface area contributed by atoms with Crippen molar-refractivity contribution in [2.45, 2.75) is 52.0 Å². The van der Waals surface area contributed by atoms with Crippen LogP contribution in [-0.4, -0.2) is 29.6 Å². The number of unbranched alkanes of at least 4 members (excludes halogenated alkanes) is 2. The first-order valence-electron chi connectivity index (χ1n) is 6.25. The van der Waals surface area contributed by atoms with Crippen LogP contribution in [0.5, 0.6) is 0 Å². The average Bonchev–Trinajstić information content (AvgIpc) is 2.30. The van der Waals surface area contributed by atoms with Crippen LogP contribution < -0.4 is 11.1 Å². The third-order valence-corrected chi connectivity index (χ3v) is 2.90. The van der Waals surface area contributed by atoms with Gasteiger partial charge in [0.2, 0.25) is 5.91 Å². The quantitative estimate of drug-likeness (QED) is 0.530. The molecule has 5 heteroatoms. The van der Waals surface area contributed by atoms with Gasteiger partial charge in [0.1, 0.15) is 6.04 Å². The summed E-state index contributed by atoms with van der Waals surface area (Å²) in [6, 6.07) is -0.776. The molecule has 0 aromatic heterocycles. The van der Waals surface area contributed by atoms with E-state index in [1.165, 1.54) is 0 Å². The summed E-state index contributed by atoms with van der Waals surface area (Å²) in [7, 11) is 0. The van der Waals surface area contributed by atoms with Crippen LogP contribution in [0.25, 0.3) is 0 Å². The molecule has 0 fully saturated rings. The minimum atomic E-state index is -0.963. The van der Waals surface area contributed by atoms with Gasteiger partial charge in [0, 0.05) is 6.42 Å². The van der Waals surface area contributed by atoms with Gasteiger partial charge in [0.25, 0.3) is 0 Å². The monoisotopic (exact) mass is 244 g/mol. The van der Waals surface area contributed by atoms with E-state index in [-0.39, 0.29) is 11.8 Å². The van der Waals surface area contributed by atoms with Gasteiger partial charge in [-0.1, -0.05) is 26.7 Å². The summed E-state index contributed by atoms with van der Waals surface area (Å²) in [5.41, 5.74) is 5.35. The van der Waals surface area contributed by atoms with Crippen molar-refractivity contribution < 1.29 is 14.7 Å². The lowest BCUT2D eigenvalue weighted by Gasteiger charge is -2.20. The molecule has 17 heavy (non-hydrogen) atoms. The molecule has 0 bridgehead atoms. The first-order valence-corrected chi connectivity index (χ1v) is 6.25. The summed E-state index contributed by atoms with van der Waals surface area (Å²) in [5, 5.41) is 11.6. The predicted molar refractivity (Wildman–Crippen MR) is 66.5 cm³/mol. The zero-order valence-corrected chi connectivity index (χ0v) is 10.7. The largest absolute Gasteiger partial charge is 0.480 e. The van der Waals surface area contributed by atoms with Crippen LogP contribution in [0.2, 0.25) is 0 Å². The molecular weight excluding hydrogens is 220 g/mol. The van der Waals surface area contributed by atoms with Crippen molar-refractivity contribution in [1.82, 2.24) is 5.32 Å². The van der Waals surface area contributed by atoms with Crippen molar-refractivity contribution in [3.8, 4) is 0 Å². The van der Waals surface area contributed by atoms with Crippen molar-refractivity contribution in [1.29, 1.82) is 0 Å². The number of carbonyl (C=O) groups is 2. The lowest BCUT2D eigenvalue weighted by atomic mass is 9.99. The zero-order chi connectivity index (χ0) is 13.3. The van der Waals surface area contributed by atoms with E-state index in [1.807, 2.05) is 13.8 Å². The molecule has 2 atom stereocenters. The van der Waals surface area contributed by atoms with Gasteiger partial charge in [-0.25, -0.2) is 4.79 Å². The number of hydrogen-bond acceptors (Lipinski definition) is 3. The van der Waals surface area contributed by atoms with Crippen LogP contribution in [0.4, 0.5) is 0 Å². The van der Waals surface area contributed by atoms with E-state index in [2.05, 4.69) is 5.32 Å². The average molecular weight is 244 g/mol. The lowest BCUT2D eigenvalue weighted by molar-refractivity contribution is -0.143. The van der Waals surface area contributed by atoms with E-state index < -0.39 is 12.0 Å². The summed E-state index contributed by atoms with van der Waals surface area (Å²) in [5.74, 6) is -1.20. The minimum absolute atomic E-state index is 0.0551. The number of nitrogens with one attached hydrogen (secondary N) is 1. The van der Waals surface area contributed by atoms with E-state index in [4.69, 9.17) is 10.8 Å². The highest BCUT2D eigenvalue weighted by Crippen LogP contribution is 2.08. The number of aliphatic carboxylic acids is 1. The molecule has 0 radical (unpaired) electrons. The Morgan fingerprint density at radius 3 is 2.41 bits per heavy atom. The van der Waals surface area contributed by atoms with Gasteiger partial charge >= 0.3 is 5.97 Å². The summed E-state index contributed by atoms with van der Waals surface area (Å²) >= 11 is 0. The normalized spacial score (nSPS) is 14.1. The molecule has 0 aliphatic carbocycles. The third kappa shape index (κ3) is 6.94. The fraction of sp³-hybridized carbons (Fsp3) is 0.833. The molecule has 0 saturated heterocycles. The van der Waals surface area contributed by atoms with E-state index in [1.54, 1.807) is 0 Å². The fourth-order valence-corrected chi connectivity index (χ4v) is 1.54. The van der Waals surface area contributed by atoms with E-state index in [9.17, 15) is 9.59 Å². The summed E-state index contributed by atoms with van der Waals surface area (Å²) in [4.78, 5) is 22.5. The van der Waals surface area contributed by atoms with Crippen molar-refractivity contribution in [3.05, 3.63) is 0 Å². The second kappa shape index (κ2) is 8.98. The Bertz CT molecular complexity index is 244. The Morgan fingerprint density at radius 1 is 1.29 bits per heavy atom. The first kappa shape index (κ1) is 15.9. The number of nitrogens with two attached hydrogens (primary N) is 1. The van der Waals surface area contributed by atoms with Gasteiger partial charge in [-0.05, 0) is 25.3 Å². The SMILES string of the molecule is CC[C@H](C)[C@H](NC(=O)CCCCCN)C(=O)O. The van der Waals surface area contributed by atoms with Crippen LogP contribution in [0.15, 0.2) is 0 Å². The minimum Gasteiger partial charge on any atom is -0.480 e. The predicted octanol–water partition coefficient (Wildman–Crippen LogP) is 1.12. The Hall–Kier alpha value is -1.10. The Balaban J connectivity index is 4.00. The smallest absolute Gasteiger partial charge is 0.326 e. The van der Waals surface area contributed by atoms with Gasteiger partial charge in [0.15, 0.2) is 0 Å². The Labute approximate surface area is 103 Å². The number of amides is 1. The summed E-state index contributed by atoms with van der Waals surface area (Å²) in [6.45, 7) is 4.37. The first-order chi connectivity index (χ1) is 8.02. The highest BCUT2D eigenvalue weighted by molar-refractivity contribution is 5.83. The summed E-state index contributed by atoms with van der Waals surface area (Å²) in [6.07, 6.45) is 3.67. The number of carboxylic acid groups (broad SMARTS) is 1. The number of hydrogen-bond donors (Lipinski definition) is 3. The maximum absolute atomic E-state index is 11.5. The standard InChI is InChI=1S/C12H24N2O3/c1-3-9(2)11(12(16)17)14-10(15)7-5-4-6-8-13/h9,11H,3-8,13H2,1-2H3,(H,14,15)(H,16,17)/t9-,11-/m0/s1. The van der Waals surface area contributed by atoms with E-state index in [0.29, 0.717) is 13.0 Å². The highest BCUT2D eigenvalue weighted by atomic mass is 16.4. The molecule has 0 saturated carbocycles. The molecule has 1 amide bonds. The Morgan fingerprint density at radius 2 is 1.94 bits per heavy atom. The van der Waals surface area contributed by atoms with Crippen LogP contribution in [0.1, 0.15) is 46.0 Å². The van der Waals surface area contributed by atoms with E-state index >= 15 is 0 Å². The molecular formula is C12H24N2O3. The Kier molecular flexibility index (Phi) is 8.40. The number of carboxylic acids is 1. The maximum Gasteiger partial charge on any atom is 0.326 e. The zero-order valence-electron chi connectivity index (χ0n) is 10.7. The molecule has 0 aliphatic rings. The second-order valence-corrected chi connectivity index (χ2v) is 4.37. The molecule has 0 rings (SSSR count). The van der Waals surface area contributed by atoms with Gasteiger partial charge in [0.05, 0.1) is 0 Å². The molecule has 4 N–H and O–H groups in total. The number of rotatable bonds is 9. The van der Waals surface area contributed by atoms with Gasteiger partial charge in [-0.3, -0.25) is 4.79 Å². The van der Waals surface area contributed by atoms with Gasteiger partial charge < -0.3 is 16.2 Å². The molecule has 0 unspecified atom stereocenters. The fourth-order valence-electron chi connectivity index (χ4n) is 1.54. The maximum atomic E-state index is 11.5. The second-order valence-electron chi connectivity index (χ2n) is 4.37. The van der Waals surface area contributed by atoms with Crippen LogP contribution >= 0.6 is 0 Å². The number of carbonyl (C=O) groups excluding carboxylic acids is 1. The molecule has 0 heterocycles. The van der Waals surface area contributed by atoms with Crippen LogP contribution in [0.3, 0.4) is 0 Å². The molecule has 0 aromatic carbocycles. The van der Waals surface area contributed by atoms with Crippen molar-refractivity contribution >= 4 is 11.9 Å². The van der Waals surface area contributed by atoms with Crippen molar-refractivity contribution in [2.24, 2.45) is 11.7 Å². The summed E-state index contributed by atoms with van der Waals surface area (Å²) < 4.78 is 0. The molecule has 0 aromatic rings. The van der Waals surface area contributed by atoms with Crippen molar-refractivity contribution in [2.75, 3.05) is 6.54 Å². The van der Waals surface area contributed by atoms with Crippen LogP contribution in [-0.2, 0) is 9.59 Å².